The molecule has 11 aromatic rings. The number of ether oxygens (including phenoxy) is 6. The second-order valence-electron chi connectivity index (χ2n) is 33.7. The summed E-state index contributed by atoms with van der Waals surface area (Å²) in [5.41, 5.74) is 23.5. The monoisotopic (exact) mass is 1840 g/mol. The Labute approximate surface area is 778 Å². The van der Waals surface area contributed by atoms with Gasteiger partial charge in [-0.15, -0.1) is 0 Å². The van der Waals surface area contributed by atoms with Gasteiger partial charge in [0.25, 0.3) is 20.0 Å². The molecule has 128 heavy (non-hydrogen) atoms. The number of ketones is 2. The summed E-state index contributed by atoms with van der Waals surface area (Å²) in [5.74, 6) is -0.546. The molecule has 4 heterocycles. The number of aryl methyl sites for hydroxylation is 5. The molecule has 4 aromatic heterocycles. The molecule has 7 N–H and O–H groups in total. The summed E-state index contributed by atoms with van der Waals surface area (Å²) in [7, 11) is -6.32. The normalized spacial score (nSPS) is 14.4. The summed E-state index contributed by atoms with van der Waals surface area (Å²) >= 11 is 1.90. The van der Waals surface area contributed by atoms with Crippen LogP contribution >= 0.6 is 23.1 Å². The third-order valence-electron chi connectivity index (χ3n) is 19.2. The number of methoxy groups -OCH3 is 1. The third-order valence-corrected chi connectivity index (χ3v) is 23.8. The van der Waals surface area contributed by atoms with Crippen LogP contribution in [0.25, 0.3) is 22.2 Å². The van der Waals surface area contributed by atoms with Gasteiger partial charge >= 0.3 is 65.3 Å². The first-order valence-corrected chi connectivity index (χ1v) is 45.6. The van der Waals surface area contributed by atoms with Gasteiger partial charge in [0.15, 0.2) is 22.7 Å². The van der Waals surface area contributed by atoms with Crippen molar-refractivity contribution in [2.45, 2.75) is 245 Å². The topological polar surface area (TPSA) is 446 Å². The van der Waals surface area contributed by atoms with Gasteiger partial charge in [-0.3, -0.25) is 33.5 Å². The first-order chi connectivity index (χ1) is 59.3. The fraction of sp³-hybridized carbons (Fsp3) is 0.407. The molecule has 37 heteroatoms. The number of H-pyrrole nitrogens is 1. The smallest absolute Gasteiger partial charge is 1.00 e. The van der Waals surface area contributed by atoms with Crippen LogP contribution in [0.3, 0.4) is 0 Å². The molecule has 0 fully saturated rings. The number of sulfonamides is 2. The van der Waals surface area contributed by atoms with Crippen LogP contribution in [-0.2, 0) is 98.4 Å². The van der Waals surface area contributed by atoms with Crippen molar-refractivity contribution >= 4 is 131 Å². The van der Waals surface area contributed by atoms with E-state index in [1.54, 1.807) is 71.4 Å². The number of nitrogens with one attached hydrogen (secondary N) is 2. The standard InChI is InChI=1S/C19H17N5O4S2.C18H16N4O5S2.C16H22O3.C16H20O3.C10H11NO.C10H18O5.C2H6.B.Na.H/c20-12-5-4-11-2-1-3-15(14(11)8-12)24-16-7-6-13(9-17(16)28-19(24)25)30(26,27)23-18-21-10-22-29-18;1-11-7-13(26-2)4-3-12(11)9-22(17-19-10-20-28-17)29(24,25)14-5-6-15-16(8-14)27-18(23)21-15;2*1-16(2,3)19-15(18)10-11-7-8-12-5-4-6-14(17)13(12)9-11;11-8-5-4-7-2-1-3-10(12)9(7)6-8;1-9(2,3)14-7(11)13-8(12)15-10(4,5)6;1-2;;;/h4-10,15H,1-3,20H2,(H,21,22,23);3-8,10H,9H2,1-2H3,(H,21,23);7-9,14,17H,4-6,10H2,1-3H3;7-9H,4-6,10H2,1-3H3;4-6H,1-3,11H2;1-6H3;1-2H3;;;/q;;;;;;;;+1;-1. The second-order valence-corrected chi connectivity index (χ2v) is 38.8. The number of hydrogen-bond donors (Lipinski definition) is 5. The Balaban J connectivity index is 0.000000243. The van der Waals surface area contributed by atoms with Gasteiger partial charge in [0.1, 0.15) is 40.8 Å². The van der Waals surface area contributed by atoms with Gasteiger partial charge in [-0.1, -0.05) is 62.4 Å². The molecule has 0 amide bonds. The largest absolute Gasteiger partial charge is 1.00 e. The minimum Gasteiger partial charge on any atom is -1.00 e. The van der Waals surface area contributed by atoms with Crippen LogP contribution in [-0.4, -0.2) is 124 Å². The molecule has 0 bridgehead atoms. The predicted molar refractivity (Wildman–Crippen MR) is 488 cm³/mol. The van der Waals surface area contributed by atoms with Crippen LogP contribution in [0.4, 0.5) is 31.2 Å². The van der Waals surface area contributed by atoms with Gasteiger partial charge in [-0.25, -0.2) is 50.3 Å². The fourth-order valence-electron chi connectivity index (χ4n) is 13.9. The number of nitrogens with two attached hydrogens (primary N) is 2. The molecule has 679 valence electrons. The molecule has 15 rings (SSSR count). The van der Waals surface area contributed by atoms with Crippen molar-refractivity contribution in [2.24, 2.45) is 0 Å². The van der Waals surface area contributed by atoms with E-state index in [9.17, 15) is 60.3 Å². The van der Waals surface area contributed by atoms with E-state index in [-0.39, 0.29) is 126 Å². The molecule has 4 aliphatic carbocycles. The molecule has 7 aromatic carbocycles. The van der Waals surface area contributed by atoms with E-state index in [1.165, 1.54) is 52.9 Å². The Morgan fingerprint density at radius 3 is 1.66 bits per heavy atom. The number of aliphatic hydroxyl groups excluding tert-OH is 1. The number of hydrogen-bond acceptors (Lipinski definition) is 29. The van der Waals surface area contributed by atoms with Crippen molar-refractivity contribution in [1.29, 1.82) is 0 Å². The molecule has 31 nitrogen and oxygen atoms in total. The number of aromatic nitrogens is 6. The van der Waals surface area contributed by atoms with Crippen molar-refractivity contribution in [3.05, 3.63) is 228 Å². The summed E-state index contributed by atoms with van der Waals surface area (Å²) in [6.45, 7) is 27.1. The van der Waals surface area contributed by atoms with Gasteiger partial charge < -0.3 is 55.3 Å². The van der Waals surface area contributed by atoms with E-state index in [0.29, 0.717) is 41.0 Å². The van der Waals surface area contributed by atoms with Crippen molar-refractivity contribution in [3.8, 4) is 5.75 Å². The average Bonchev–Trinajstić information content (AvgIpc) is 1.62. The minimum absolute atomic E-state index is 0. The molecule has 2 unspecified atom stereocenters. The number of carbonyl (C=O) groups is 6. The van der Waals surface area contributed by atoms with E-state index in [4.69, 9.17) is 44.0 Å². The Hall–Kier alpha value is -10.9. The Kier molecular flexibility index (Phi) is 37.0. The Morgan fingerprint density at radius 1 is 0.586 bits per heavy atom. The summed E-state index contributed by atoms with van der Waals surface area (Å²) < 4.78 is 105. The maximum atomic E-state index is 13.4. The van der Waals surface area contributed by atoms with Crippen LogP contribution in [0.5, 0.6) is 5.75 Å². The number of aliphatic hydroxyl groups is 1. The number of anilines is 4. The molecule has 0 saturated carbocycles. The van der Waals surface area contributed by atoms with E-state index in [2.05, 4.69) is 33.2 Å². The predicted octanol–water partition coefficient (Wildman–Crippen LogP) is 13.9. The van der Waals surface area contributed by atoms with Gasteiger partial charge in [-0.2, -0.15) is 8.75 Å². The molecule has 0 saturated heterocycles. The summed E-state index contributed by atoms with van der Waals surface area (Å²) in [6, 6.07) is 36.8. The maximum Gasteiger partial charge on any atom is 1.00 e. The number of nitrogen functional groups attached to an aromatic ring is 2. The van der Waals surface area contributed by atoms with Crippen molar-refractivity contribution in [3.63, 3.8) is 0 Å². The number of esters is 2. The quantitative estimate of drug-likeness (QED) is 0.0222. The first-order valence-electron chi connectivity index (χ1n) is 41.1. The number of rotatable bonds is 14. The summed E-state index contributed by atoms with van der Waals surface area (Å²) in [5, 5.41) is 10.4. The molecule has 2 atom stereocenters. The number of carbonyl (C=O) groups excluding carboxylic acids is 6. The van der Waals surface area contributed by atoms with Crippen LogP contribution < -0.4 is 66.3 Å². The zero-order valence-electron chi connectivity index (χ0n) is 76.2. The van der Waals surface area contributed by atoms with Crippen LogP contribution in [0, 0.1) is 6.92 Å². The van der Waals surface area contributed by atoms with E-state index >= 15 is 0 Å². The second kappa shape index (κ2) is 45.4. The maximum absolute atomic E-state index is 13.4. The van der Waals surface area contributed by atoms with Crippen molar-refractivity contribution in [2.75, 3.05) is 27.6 Å². The summed E-state index contributed by atoms with van der Waals surface area (Å²) in [6.07, 6.45) is 11.2. The van der Waals surface area contributed by atoms with Crippen molar-refractivity contribution in [1.82, 2.24) is 28.3 Å². The van der Waals surface area contributed by atoms with Gasteiger partial charge in [0, 0.05) is 79.0 Å². The van der Waals surface area contributed by atoms with E-state index in [0.717, 1.165) is 148 Å². The van der Waals surface area contributed by atoms with Gasteiger partial charge in [0.2, 0.25) is 10.3 Å². The van der Waals surface area contributed by atoms with Crippen LogP contribution in [0.15, 0.2) is 168 Å². The molecule has 0 aliphatic heterocycles. The molecule has 4 aliphatic rings. The van der Waals surface area contributed by atoms with Crippen LogP contribution in [0.1, 0.15) is 238 Å². The summed E-state index contributed by atoms with van der Waals surface area (Å²) in [4.78, 5) is 103. The third kappa shape index (κ3) is 30.1. The van der Waals surface area contributed by atoms with Crippen molar-refractivity contribution < 1.29 is 119 Å². The van der Waals surface area contributed by atoms with Gasteiger partial charge in [0.05, 0.1) is 59.5 Å². The van der Waals surface area contributed by atoms with Gasteiger partial charge in [-0.05, 0) is 277 Å². The molecular weight excluding hydrogens is 1730 g/mol. The Morgan fingerprint density at radius 2 is 1.10 bits per heavy atom. The number of aromatic amines is 1. The number of fused-ring (bicyclic) bond motifs is 6. The number of oxazole rings is 2. The molecular formula is C91H111BN10NaO21S4. The zero-order chi connectivity index (χ0) is 92.4. The number of benzene rings is 7. The SMILES string of the molecule is CC.CC(C)(C)OC(=O)Cc1ccc2c(c1)C(=O)CCC2.CC(C)(C)OC(=O)Cc1ccc2c(c1)C(O)CCC2.CC(C)(C)OC(=O)OC(=O)OC(C)(C)C.COc1ccc(CN(c2ncns2)S(=O)(=O)c2ccc3[nH]c(=O)oc3c2)c(C)c1.Nc1ccc2c(c1)C(=O)CCC2.Nc1ccc2c(c1)C(n1c(=O)oc3cc(S(=O)(=O)Nc4ncns4)ccc31)CCC2.[B].[H-].[Na+]. The molecule has 3 radical (unpaired) electrons. The Bertz CT molecular complexity index is 6050. The number of nitrogens with zero attached hydrogens (tertiary/aromatic N) is 6. The molecule has 0 spiro atoms. The first kappa shape index (κ1) is 104. The van der Waals surface area contributed by atoms with E-state index < -0.39 is 66.3 Å². The number of Topliss-reactive ketones (excluding diaryl/α,β-unsaturated/α-hetero) is 2. The zero-order valence-corrected chi connectivity index (χ0v) is 80.5. The minimum atomic E-state index is -4.00. The van der Waals surface area contributed by atoms with Crippen LogP contribution in [0.2, 0.25) is 0 Å². The fourth-order valence-corrected chi connectivity index (χ4v) is 17.7. The average molecular weight is 1840 g/mol. The van der Waals surface area contributed by atoms with E-state index in [1.807, 2.05) is 141 Å².